The smallest absolute Gasteiger partial charge is 0.231 e. The van der Waals surface area contributed by atoms with E-state index in [0.717, 1.165) is 0 Å². The van der Waals surface area contributed by atoms with E-state index in [1.54, 1.807) is 42.5 Å². The lowest BCUT2D eigenvalue weighted by atomic mass is 10.0. The summed E-state index contributed by atoms with van der Waals surface area (Å²) < 4.78 is -1.32. The van der Waals surface area contributed by atoms with Crippen molar-refractivity contribution < 1.29 is 9.59 Å². The van der Waals surface area contributed by atoms with E-state index >= 15 is 0 Å². The summed E-state index contributed by atoms with van der Waals surface area (Å²) in [6.45, 7) is 0. The van der Waals surface area contributed by atoms with Gasteiger partial charge in [0.1, 0.15) is 4.33 Å². The van der Waals surface area contributed by atoms with Crippen molar-refractivity contribution in [2.24, 2.45) is 5.92 Å². The van der Waals surface area contributed by atoms with E-state index in [2.05, 4.69) is 5.32 Å². The summed E-state index contributed by atoms with van der Waals surface area (Å²) in [6, 6.07) is 14.4. The Kier molecular flexibility index (Phi) is 7.67. The standard InChI is InChI=1S/C24H14Cl7NO2/c25-13-3-11(4-14(26)8-13)5-20(33)18-10-17(1-2-19(18)29)32-23(34)22-21(24(22,30)31)12-6-15(27)9-16(28)7-12/h1-4,6-10,21-22H,5H2,(H,32,34). The molecule has 0 radical (unpaired) electrons. The van der Waals surface area contributed by atoms with Crippen LogP contribution in [0.15, 0.2) is 54.6 Å². The number of alkyl halides is 2. The first-order valence-electron chi connectivity index (χ1n) is 9.88. The van der Waals surface area contributed by atoms with Gasteiger partial charge in [-0.15, -0.1) is 23.2 Å². The van der Waals surface area contributed by atoms with Gasteiger partial charge in [-0.25, -0.2) is 0 Å². The minimum absolute atomic E-state index is 0.0318. The third-order valence-corrected chi connectivity index (χ3v) is 7.54. The number of rotatable bonds is 6. The highest BCUT2D eigenvalue weighted by Gasteiger charge is 2.67. The van der Waals surface area contributed by atoms with Crippen LogP contribution in [0.1, 0.15) is 27.4 Å². The number of Topliss-reactive ketones (excluding diaryl/α,β-unsaturated/α-hetero) is 1. The van der Waals surface area contributed by atoms with E-state index in [4.69, 9.17) is 81.2 Å². The quantitative estimate of drug-likeness (QED) is 0.228. The van der Waals surface area contributed by atoms with Crippen LogP contribution in [-0.4, -0.2) is 16.0 Å². The molecule has 0 aromatic heterocycles. The second kappa shape index (κ2) is 10.1. The minimum atomic E-state index is -1.32. The fraction of sp³-hybridized carbons (Fsp3) is 0.167. The number of anilines is 1. The largest absolute Gasteiger partial charge is 0.326 e. The van der Waals surface area contributed by atoms with Crippen LogP contribution in [-0.2, 0) is 11.2 Å². The van der Waals surface area contributed by atoms with Gasteiger partial charge in [-0.2, -0.15) is 0 Å². The number of carbonyl (C=O) groups excluding carboxylic acids is 2. The first-order chi connectivity index (χ1) is 16.0. The zero-order chi connectivity index (χ0) is 24.8. The van der Waals surface area contributed by atoms with Crippen molar-refractivity contribution in [1.29, 1.82) is 0 Å². The van der Waals surface area contributed by atoms with Gasteiger partial charge in [0.15, 0.2) is 5.78 Å². The summed E-state index contributed by atoms with van der Waals surface area (Å²) in [5.74, 6) is -1.91. The molecule has 0 heterocycles. The molecule has 3 aromatic carbocycles. The van der Waals surface area contributed by atoms with Gasteiger partial charge in [0.05, 0.1) is 10.9 Å². The number of amides is 1. The fourth-order valence-electron chi connectivity index (χ4n) is 3.85. The Morgan fingerprint density at radius 2 is 1.35 bits per heavy atom. The third kappa shape index (κ3) is 5.63. The molecule has 34 heavy (non-hydrogen) atoms. The lowest BCUT2D eigenvalue weighted by Gasteiger charge is -2.10. The van der Waals surface area contributed by atoms with Crippen molar-refractivity contribution in [3.8, 4) is 0 Å². The molecule has 10 heteroatoms. The Morgan fingerprint density at radius 3 is 1.94 bits per heavy atom. The molecule has 1 saturated carbocycles. The van der Waals surface area contributed by atoms with Gasteiger partial charge >= 0.3 is 0 Å². The van der Waals surface area contributed by atoms with Crippen LogP contribution in [0.3, 0.4) is 0 Å². The predicted molar refractivity (Wildman–Crippen MR) is 142 cm³/mol. The van der Waals surface area contributed by atoms with Crippen molar-refractivity contribution in [3.05, 3.63) is 96.4 Å². The maximum atomic E-state index is 13.0. The lowest BCUT2D eigenvalue weighted by Crippen LogP contribution is -2.17. The zero-order valence-corrected chi connectivity index (χ0v) is 22.3. The van der Waals surface area contributed by atoms with E-state index in [-0.39, 0.29) is 22.8 Å². The molecule has 2 atom stereocenters. The number of benzene rings is 3. The summed E-state index contributed by atoms with van der Waals surface area (Å²) in [4.78, 5) is 25.9. The number of carbonyl (C=O) groups is 2. The molecule has 0 saturated heterocycles. The summed E-state index contributed by atoms with van der Waals surface area (Å²) in [5, 5.41) is 4.69. The first-order valence-corrected chi connectivity index (χ1v) is 12.5. The average Bonchev–Trinajstić information content (AvgIpc) is 3.30. The number of halogens is 7. The molecule has 1 aliphatic rings. The fourth-order valence-corrected chi connectivity index (χ4v) is 6.02. The van der Waals surface area contributed by atoms with Crippen molar-refractivity contribution in [2.75, 3.05) is 5.32 Å². The summed E-state index contributed by atoms with van der Waals surface area (Å²) in [5.41, 5.74) is 1.92. The maximum Gasteiger partial charge on any atom is 0.231 e. The Balaban J connectivity index is 1.52. The molecule has 0 bridgehead atoms. The molecule has 176 valence electrons. The number of hydrogen-bond donors (Lipinski definition) is 1. The number of ketones is 1. The Hall–Kier alpha value is -1.17. The minimum Gasteiger partial charge on any atom is -0.326 e. The highest BCUT2D eigenvalue weighted by molar-refractivity contribution is 6.53. The molecule has 3 nitrogen and oxygen atoms in total. The van der Waals surface area contributed by atoms with Gasteiger partial charge in [0.2, 0.25) is 5.91 Å². The lowest BCUT2D eigenvalue weighted by molar-refractivity contribution is -0.117. The zero-order valence-electron chi connectivity index (χ0n) is 17.0. The van der Waals surface area contributed by atoms with Crippen LogP contribution in [0.2, 0.25) is 25.1 Å². The van der Waals surface area contributed by atoms with Gasteiger partial charge in [-0.05, 0) is 65.7 Å². The van der Waals surface area contributed by atoms with Gasteiger partial charge in [-0.1, -0.05) is 58.0 Å². The van der Waals surface area contributed by atoms with Crippen LogP contribution in [0.4, 0.5) is 5.69 Å². The molecule has 2 unspecified atom stereocenters. The second-order valence-corrected chi connectivity index (χ2v) is 11.5. The van der Waals surface area contributed by atoms with Crippen LogP contribution < -0.4 is 5.32 Å². The topological polar surface area (TPSA) is 46.2 Å². The van der Waals surface area contributed by atoms with Crippen LogP contribution in [0.5, 0.6) is 0 Å². The molecular formula is C24H14Cl7NO2. The molecule has 1 N–H and O–H groups in total. The van der Waals surface area contributed by atoms with E-state index in [1.165, 1.54) is 12.1 Å². The molecule has 4 rings (SSSR count). The van der Waals surface area contributed by atoms with E-state index in [1.807, 2.05) is 0 Å². The monoisotopic (exact) mass is 593 g/mol. The van der Waals surface area contributed by atoms with E-state index in [9.17, 15) is 9.59 Å². The van der Waals surface area contributed by atoms with Gasteiger partial charge < -0.3 is 5.32 Å². The predicted octanol–water partition coefficient (Wildman–Crippen LogP) is 8.90. The van der Waals surface area contributed by atoms with Crippen LogP contribution >= 0.6 is 81.2 Å². The highest BCUT2D eigenvalue weighted by atomic mass is 35.5. The van der Waals surface area contributed by atoms with Gasteiger partial charge in [-0.3, -0.25) is 9.59 Å². The summed E-state index contributed by atoms with van der Waals surface area (Å²) in [6.07, 6.45) is 0.0318. The normalized spacial score (nSPS) is 18.4. The molecule has 3 aromatic rings. The summed E-state index contributed by atoms with van der Waals surface area (Å²) in [7, 11) is 0. The SMILES string of the molecule is O=C(Cc1cc(Cl)cc(Cl)c1)c1cc(NC(=O)C2C(c3cc(Cl)cc(Cl)c3)C2(Cl)Cl)ccc1Cl. The first kappa shape index (κ1) is 25.9. The van der Waals surface area contributed by atoms with Crippen molar-refractivity contribution >= 4 is 98.6 Å². The second-order valence-electron chi connectivity index (χ2n) is 7.89. The molecule has 0 spiro atoms. The molecule has 0 aliphatic heterocycles. The highest BCUT2D eigenvalue weighted by Crippen LogP contribution is 2.65. The summed E-state index contributed by atoms with van der Waals surface area (Å²) >= 11 is 43.3. The molecule has 1 fully saturated rings. The van der Waals surface area contributed by atoms with E-state index in [0.29, 0.717) is 36.9 Å². The Labute approximate surface area is 231 Å². The van der Waals surface area contributed by atoms with Gasteiger partial charge in [0, 0.05) is 43.7 Å². The van der Waals surface area contributed by atoms with Crippen LogP contribution in [0.25, 0.3) is 0 Å². The van der Waals surface area contributed by atoms with Crippen molar-refractivity contribution in [3.63, 3.8) is 0 Å². The molecule has 1 amide bonds. The Morgan fingerprint density at radius 1 is 0.794 bits per heavy atom. The van der Waals surface area contributed by atoms with Crippen molar-refractivity contribution in [2.45, 2.75) is 16.7 Å². The number of nitrogens with one attached hydrogen (secondary N) is 1. The van der Waals surface area contributed by atoms with Crippen molar-refractivity contribution in [1.82, 2.24) is 0 Å². The van der Waals surface area contributed by atoms with Gasteiger partial charge in [0.25, 0.3) is 0 Å². The average molecular weight is 597 g/mol. The number of hydrogen-bond acceptors (Lipinski definition) is 2. The molecular weight excluding hydrogens is 582 g/mol. The van der Waals surface area contributed by atoms with Crippen LogP contribution in [0, 0.1) is 5.92 Å². The maximum absolute atomic E-state index is 13.0. The van der Waals surface area contributed by atoms with E-state index < -0.39 is 22.1 Å². The Bertz CT molecular complexity index is 1270. The third-order valence-electron chi connectivity index (χ3n) is 5.40. The molecule has 1 aliphatic carbocycles.